The van der Waals surface area contributed by atoms with Crippen molar-refractivity contribution in [3.8, 4) is 0 Å². The van der Waals surface area contributed by atoms with E-state index in [1.807, 2.05) is 4.90 Å². The topological polar surface area (TPSA) is 23.6 Å². The zero-order valence-corrected chi connectivity index (χ0v) is 14.0. The first-order chi connectivity index (χ1) is 11.1. The Morgan fingerprint density at radius 1 is 1.30 bits per heavy atom. The van der Waals surface area contributed by atoms with Crippen molar-refractivity contribution in [2.75, 3.05) is 13.6 Å². The van der Waals surface area contributed by atoms with Crippen LogP contribution in [0.15, 0.2) is 36.0 Å². The standard InChI is InChI=1S/C19H25FN2O/c1-3-4-11-22(19(23)14-5-7-15(20)8-6-14)18-12-16-9-10-17(13-18)21(16)2/h5-8,12,16-17H,3-4,9-11,13H2,1-2H3/t16-,17+/m1/s1. The van der Waals surface area contributed by atoms with Gasteiger partial charge in [0.05, 0.1) is 0 Å². The number of amides is 1. The van der Waals surface area contributed by atoms with Crippen molar-refractivity contribution in [3.05, 3.63) is 47.4 Å². The predicted molar refractivity (Wildman–Crippen MR) is 89.6 cm³/mol. The van der Waals surface area contributed by atoms with Gasteiger partial charge in [0.1, 0.15) is 5.82 Å². The van der Waals surface area contributed by atoms with E-state index in [0.29, 0.717) is 17.6 Å². The highest BCUT2D eigenvalue weighted by molar-refractivity contribution is 5.95. The van der Waals surface area contributed by atoms with Gasteiger partial charge in [-0.15, -0.1) is 0 Å². The molecule has 124 valence electrons. The molecule has 1 fully saturated rings. The van der Waals surface area contributed by atoms with E-state index < -0.39 is 0 Å². The molecular weight excluding hydrogens is 291 g/mol. The second-order valence-corrected chi connectivity index (χ2v) is 6.64. The summed E-state index contributed by atoms with van der Waals surface area (Å²) < 4.78 is 13.1. The number of likely N-dealkylation sites (N-methyl/N-ethyl adjacent to an activating group) is 1. The maximum atomic E-state index is 13.1. The van der Waals surface area contributed by atoms with Crippen molar-refractivity contribution in [2.45, 2.75) is 51.1 Å². The minimum absolute atomic E-state index is 0.00588. The maximum absolute atomic E-state index is 13.1. The molecule has 0 unspecified atom stereocenters. The summed E-state index contributed by atoms with van der Waals surface area (Å²) in [4.78, 5) is 17.3. The quantitative estimate of drug-likeness (QED) is 0.824. The molecule has 1 saturated heterocycles. The summed E-state index contributed by atoms with van der Waals surface area (Å²) in [5.74, 6) is -0.313. The molecule has 1 amide bonds. The third-order valence-corrected chi connectivity index (χ3v) is 5.14. The van der Waals surface area contributed by atoms with Gasteiger partial charge >= 0.3 is 0 Å². The minimum Gasteiger partial charge on any atom is -0.312 e. The molecule has 3 nitrogen and oxygen atoms in total. The van der Waals surface area contributed by atoms with Gasteiger partial charge in [0, 0.05) is 36.3 Å². The summed E-state index contributed by atoms with van der Waals surface area (Å²) in [5, 5.41) is 0. The van der Waals surface area contributed by atoms with Crippen molar-refractivity contribution in [1.82, 2.24) is 9.80 Å². The van der Waals surface area contributed by atoms with E-state index in [2.05, 4.69) is 24.9 Å². The van der Waals surface area contributed by atoms with Crippen molar-refractivity contribution < 1.29 is 9.18 Å². The Balaban J connectivity index is 1.84. The first kappa shape index (κ1) is 16.2. The number of carbonyl (C=O) groups is 1. The number of hydrogen-bond donors (Lipinski definition) is 0. The Hall–Kier alpha value is -1.68. The van der Waals surface area contributed by atoms with Gasteiger partial charge in [-0.05, 0) is 56.7 Å². The molecule has 2 bridgehead atoms. The van der Waals surface area contributed by atoms with Crippen LogP contribution in [0.1, 0.15) is 49.4 Å². The molecule has 4 heteroatoms. The van der Waals surface area contributed by atoms with E-state index in [9.17, 15) is 9.18 Å². The molecule has 2 heterocycles. The van der Waals surface area contributed by atoms with Crippen LogP contribution in [0, 0.1) is 5.82 Å². The fraction of sp³-hybridized carbons (Fsp3) is 0.526. The predicted octanol–water partition coefficient (Wildman–Crippen LogP) is 3.82. The Morgan fingerprint density at radius 3 is 2.70 bits per heavy atom. The van der Waals surface area contributed by atoms with E-state index >= 15 is 0 Å². The van der Waals surface area contributed by atoms with Crippen LogP contribution in [0.5, 0.6) is 0 Å². The van der Waals surface area contributed by atoms with Gasteiger partial charge in [0.2, 0.25) is 0 Å². The zero-order chi connectivity index (χ0) is 16.4. The molecule has 1 aromatic rings. The Labute approximate surface area is 137 Å². The monoisotopic (exact) mass is 316 g/mol. The smallest absolute Gasteiger partial charge is 0.258 e. The fourth-order valence-corrected chi connectivity index (χ4v) is 3.66. The molecule has 2 aliphatic heterocycles. The van der Waals surface area contributed by atoms with Gasteiger partial charge < -0.3 is 4.90 Å². The summed E-state index contributed by atoms with van der Waals surface area (Å²) in [6, 6.07) is 6.89. The molecule has 0 radical (unpaired) electrons. The number of nitrogens with zero attached hydrogens (tertiary/aromatic N) is 2. The average Bonchev–Trinajstić information content (AvgIpc) is 2.76. The van der Waals surface area contributed by atoms with E-state index in [4.69, 9.17) is 0 Å². The lowest BCUT2D eigenvalue weighted by Crippen LogP contribution is -2.41. The van der Waals surface area contributed by atoms with Crippen molar-refractivity contribution in [2.24, 2.45) is 0 Å². The molecule has 0 saturated carbocycles. The lowest BCUT2D eigenvalue weighted by atomic mass is 10.0. The first-order valence-corrected chi connectivity index (χ1v) is 8.60. The molecule has 0 N–H and O–H groups in total. The molecule has 2 atom stereocenters. The lowest BCUT2D eigenvalue weighted by Gasteiger charge is -2.35. The van der Waals surface area contributed by atoms with Gasteiger partial charge in [-0.2, -0.15) is 0 Å². The average molecular weight is 316 g/mol. The summed E-state index contributed by atoms with van der Waals surface area (Å²) in [6.07, 6.45) is 7.61. The van der Waals surface area contributed by atoms with Crippen LogP contribution in [0.3, 0.4) is 0 Å². The van der Waals surface area contributed by atoms with Gasteiger partial charge in [0.25, 0.3) is 5.91 Å². The Morgan fingerprint density at radius 2 is 2.04 bits per heavy atom. The molecular formula is C19H25FN2O. The summed E-state index contributed by atoms with van der Waals surface area (Å²) >= 11 is 0. The molecule has 2 aliphatic rings. The van der Waals surface area contributed by atoms with Gasteiger partial charge in [-0.25, -0.2) is 4.39 Å². The van der Waals surface area contributed by atoms with Crippen molar-refractivity contribution in [1.29, 1.82) is 0 Å². The van der Waals surface area contributed by atoms with Crippen LogP contribution in [-0.2, 0) is 0 Å². The number of benzene rings is 1. The highest BCUT2D eigenvalue weighted by Crippen LogP contribution is 2.35. The van der Waals surface area contributed by atoms with Crippen LogP contribution in [0.4, 0.5) is 4.39 Å². The van der Waals surface area contributed by atoms with Gasteiger partial charge in [-0.3, -0.25) is 9.69 Å². The first-order valence-electron chi connectivity index (χ1n) is 8.60. The van der Waals surface area contributed by atoms with Gasteiger partial charge in [0.15, 0.2) is 0 Å². The minimum atomic E-state index is -0.307. The second-order valence-electron chi connectivity index (χ2n) is 6.64. The van der Waals surface area contributed by atoms with Crippen molar-refractivity contribution >= 4 is 5.91 Å². The van der Waals surface area contributed by atoms with Crippen LogP contribution < -0.4 is 0 Å². The zero-order valence-electron chi connectivity index (χ0n) is 14.0. The number of fused-ring (bicyclic) bond motifs is 2. The SMILES string of the molecule is CCCCN(C(=O)c1ccc(F)cc1)C1=C[C@H]2CC[C@@H](C1)N2C. The summed E-state index contributed by atoms with van der Waals surface area (Å²) in [5.41, 5.74) is 1.72. The lowest BCUT2D eigenvalue weighted by molar-refractivity contribution is 0.0784. The maximum Gasteiger partial charge on any atom is 0.258 e. The molecule has 1 aromatic carbocycles. The Bertz CT molecular complexity index is 596. The number of halogens is 1. The van der Waals surface area contributed by atoms with E-state index in [1.54, 1.807) is 12.1 Å². The molecule has 0 spiro atoms. The number of unbranched alkanes of at least 4 members (excludes halogenated alkanes) is 1. The van der Waals surface area contributed by atoms with Crippen molar-refractivity contribution in [3.63, 3.8) is 0 Å². The number of carbonyl (C=O) groups excluding carboxylic acids is 1. The fourth-order valence-electron chi connectivity index (χ4n) is 3.66. The Kier molecular flexibility index (Phi) is 4.81. The summed E-state index contributed by atoms with van der Waals surface area (Å²) in [7, 11) is 2.17. The molecule has 0 aliphatic carbocycles. The normalized spacial score (nSPS) is 23.7. The van der Waals surface area contributed by atoms with Crippen LogP contribution >= 0.6 is 0 Å². The molecule has 3 rings (SSSR count). The second kappa shape index (κ2) is 6.83. The number of hydrogen-bond acceptors (Lipinski definition) is 2. The highest BCUT2D eigenvalue weighted by atomic mass is 19.1. The third-order valence-electron chi connectivity index (χ3n) is 5.14. The molecule has 0 aromatic heterocycles. The van der Waals surface area contributed by atoms with E-state index in [-0.39, 0.29) is 11.7 Å². The van der Waals surface area contributed by atoms with E-state index in [1.165, 1.54) is 25.0 Å². The molecule has 23 heavy (non-hydrogen) atoms. The third kappa shape index (κ3) is 3.32. The van der Waals surface area contributed by atoms with Crippen LogP contribution in [0.25, 0.3) is 0 Å². The van der Waals surface area contributed by atoms with E-state index in [0.717, 1.165) is 31.5 Å². The van der Waals surface area contributed by atoms with Crippen LogP contribution in [0.2, 0.25) is 0 Å². The largest absolute Gasteiger partial charge is 0.312 e. The number of rotatable bonds is 5. The highest BCUT2D eigenvalue weighted by Gasteiger charge is 2.36. The summed E-state index contributed by atoms with van der Waals surface area (Å²) in [6.45, 7) is 2.87. The van der Waals surface area contributed by atoms with Crippen LogP contribution in [-0.4, -0.2) is 41.4 Å². The van der Waals surface area contributed by atoms with Gasteiger partial charge in [-0.1, -0.05) is 13.3 Å².